The Hall–Kier alpha value is -0.0400. The van der Waals surface area contributed by atoms with E-state index in [2.05, 4.69) is 6.92 Å². The molecule has 1 fully saturated rings. The quantitative estimate of drug-likeness (QED) is 0.575. The molecule has 0 radical (unpaired) electrons. The lowest BCUT2D eigenvalue weighted by molar-refractivity contribution is 0.117. The molecule has 10 heavy (non-hydrogen) atoms. The molecule has 0 aromatic heterocycles. The molecule has 2 atom stereocenters. The number of hydrogen-bond donors (Lipinski definition) is 0. The number of hydrogen-bond acceptors (Lipinski definition) is 1. The molecule has 0 aromatic rings. The van der Waals surface area contributed by atoms with E-state index >= 15 is 0 Å². The van der Waals surface area contributed by atoms with Crippen LogP contribution in [0, 0.1) is 11.8 Å². The molecule has 0 aromatic carbocycles. The predicted molar refractivity (Wildman–Crippen MR) is 43.0 cm³/mol. The molecule has 1 aliphatic rings. The first kappa shape index (κ1) is 8.06. The van der Waals surface area contributed by atoms with Gasteiger partial charge in [-0.25, -0.2) is 0 Å². The molecule has 0 saturated heterocycles. The molecule has 0 amide bonds. The lowest BCUT2D eigenvalue weighted by Crippen LogP contribution is -2.17. The van der Waals surface area contributed by atoms with Gasteiger partial charge in [0, 0.05) is 13.7 Å². The van der Waals surface area contributed by atoms with Gasteiger partial charge in [-0.2, -0.15) is 0 Å². The summed E-state index contributed by atoms with van der Waals surface area (Å²) in [5.74, 6) is 1.79. The smallest absolute Gasteiger partial charge is 0.0490 e. The zero-order valence-electron chi connectivity index (χ0n) is 7.10. The van der Waals surface area contributed by atoms with Gasteiger partial charge >= 0.3 is 0 Å². The molecule has 0 aliphatic heterocycles. The van der Waals surface area contributed by atoms with Gasteiger partial charge in [-0.1, -0.05) is 19.8 Å². The highest BCUT2D eigenvalue weighted by Gasteiger charge is 2.17. The van der Waals surface area contributed by atoms with Crippen LogP contribution >= 0.6 is 0 Å². The van der Waals surface area contributed by atoms with Crippen LogP contribution in [0.5, 0.6) is 0 Å². The molecule has 1 saturated carbocycles. The highest BCUT2D eigenvalue weighted by atomic mass is 16.5. The summed E-state index contributed by atoms with van der Waals surface area (Å²) < 4.78 is 5.13. The summed E-state index contributed by atoms with van der Waals surface area (Å²) in [5.41, 5.74) is 0. The Balaban J connectivity index is 2.18. The first-order valence-electron chi connectivity index (χ1n) is 4.32. The van der Waals surface area contributed by atoms with Gasteiger partial charge in [-0.05, 0) is 24.7 Å². The van der Waals surface area contributed by atoms with Gasteiger partial charge < -0.3 is 4.74 Å². The molecule has 0 N–H and O–H groups in total. The van der Waals surface area contributed by atoms with Crippen LogP contribution in [0.2, 0.25) is 0 Å². The van der Waals surface area contributed by atoms with Crippen LogP contribution in [0.25, 0.3) is 0 Å². The zero-order chi connectivity index (χ0) is 7.40. The van der Waals surface area contributed by atoms with E-state index in [4.69, 9.17) is 4.74 Å². The van der Waals surface area contributed by atoms with Crippen molar-refractivity contribution in [2.45, 2.75) is 32.6 Å². The summed E-state index contributed by atoms with van der Waals surface area (Å²) in [7, 11) is 1.80. The second-order valence-corrected chi connectivity index (χ2v) is 3.59. The largest absolute Gasteiger partial charge is 0.384 e. The van der Waals surface area contributed by atoms with E-state index in [0.717, 1.165) is 18.4 Å². The lowest BCUT2D eigenvalue weighted by Gasteiger charge is -2.25. The molecule has 1 heteroatoms. The maximum absolute atomic E-state index is 5.13. The van der Waals surface area contributed by atoms with E-state index in [1.165, 1.54) is 25.7 Å². The highest BCUT2D eigenvalue weighted by molar-refractivity contribution is 4.69. The van der Waals surface area contributed by atoms with Gasteiger partial charge in [0.2, 0.25) is 0 Å². The van der Waals surface area contributed by atoms with Crippen molar-refractivity contribution in [3.8, 4) is 0 Å². The number of methoxy groups -OCH3 is 1. The fourth-order valence-corrected chi connectivity index (χ4v) is 1.95. The maximum Gasteiger partial charge on any atom is 0.0490 e. The van der Waals surface area contributed by atoms with Gasteiger partial charge in [-0.3, -0.25) is 0 Å². The van der Waals surface area contributed by atoms with Gasteiger partial charge in [0.15, 0.2) is 0 Å². The van der Waals surface area contributed by atoms with Gasteiger partial charge in [-0.15, -0.1) is 0 Å². The minimum Gasteiger partial charge on any atom is -0.384 e. The van der Waals surface area contributed by atoms with Crippen molar-refractivity contribution in [3.63, 3.8) is 0 Å². The molecule has 0 bridgehead atoms. The zero-order valence-corrected chi connectivity index (χ0v) is 7.10. The first-order valence-corrected chi connectivity index (χ1v) is 4.32. The Morgan fingerprint density at radius 3 is 2.80 bits per heavy atom. The van der Waals surface area contributed by atoms with Gasteiger partial charge in [0.1, 0.15) is 0 Å². The highest BCUT2D eigenvalue weighted by Crippen LogP contribution is 2.28. The molecular formula is C9H18O. The Morgan fingerprint density at radius 1 is 1.40 bits per heavy atom. The fourth-order valence-electron chi connectivity index (χ4n) is 1.95. The summed E-state index contributed by atoms with van der Waals surface area (Å²) >= 11 is 0. The third-order valence-electron chi connectivity index (χ3n) is 2.45. The minimum atomic E-state index is 0.855. The molecule has 1 aliphatic carbocycles. The summed E-state index contributed by atoms with van der Waals surface area (Å²) in [5, 5.41) is 0. The molecule has 1 nitrogen and oxygen atoms in total. The number of rotatable bonds is 2. The Bertz CT molecular complexity index is 88.7. The standard InChI is InChI=1S/C9H18O/c1-8-4-3-5-9(6-8)7-10-2/h8-9H,3-7H2,1-2H3/t8-,9?/m0/s1. The van der Waals surface area contributed by atoms with Crippen LogP contribution in [-0.4, -0.2) is 13.7 Å². The van der Waals surface area contributed by atoms with Crippen LogP contribution in [0.1, 0.15) is 32.6 Å². The Labute approximate surface area is 63.8 Å². The van der Waals surface area contributed by atoms with Crippen molar-refractivity contribution >= 4 is 0 Å². The SMILES string of the molecule is COCC1CCC[C@H](C)C1. The van der Waals surface area contributed by atoms with Gasteiger partial charge in [0.05, 0.1) is 0 Å². The fraction of sp³-hybridized carbons (Fsp3) is 1.00. The second kappa shape index (κ2) is 3.97. The first-order chi connectivity index (χ1) is 4.83. The summed E-state index contributed by atoms with van der Waals surface area (Å²) in [6.07, 6.45) is 5.61. The van der Waals surface area contributed by atoms with Crippen molar-refractivity contribution in [2.75, 3.05) is 13.7 Å². The van der Waals surface area contributed by atoms with E-state index in [1.807, 2.05) is 0 Å². The topological polar surface area (TPSA) is 9.23 Å². The van der Waals surface area contributed by atoms with E-state index < -0.39 is 0 Å². The molecular weight excluding hydrogens is 124 g/mol. The normalized spacial score (nSPS) is 34.2. The van der Waals surface area contributed by atoms with Crippen LogP contribution in [0.15, 0.2) is 0 Å². The summed E-state index contributed by atoms with van der Waals surface area (Å²) in [4.78, 5) is 0. The second-order valence-electron chi connectivity index (χ2n) is 3.59. The Kier molecular flexibility index (Phi) is 3.20. The molecule has 1 rings (SSSR count). The maximum atomic E-state index is 5.13. The van der Waals surface area contributed by atoms with E-state index in [0.29, 0.717) is 0 Å². The average Bonchev–Trinajstić information content (AvgIpc) is 1.88. The lowest BCUT2D eigenvalue weighted by atomic mass is 9.83. The molecule has 60 valence electrons. The summed E-state index contributed by atoms with van der Waals surface area (Å²) in [6, 6.07) is 0. The predicted octanol–water partition coefficient (Wildman–Crippen LogP) is 2.46. The van der Waals surface area contributed by atoms with Crippen molar-refractivity contribution < 1.29 is 4.74 Å². The molecule has 0 heterocycles. The summed E-state index contributed by atoms with van der Waals surface area (Å²) in [6.45, 7) is 3.33. The molecule has 0 spiro atoms. The monoisotopic (exact) mass is 142 g/mol. The minimum absolute atomic E-state index is 0.855. The van der Waals surface area contributed by atoms with Crippen LogP contribution in [0.4, 0.5) is 0 Å². The van der Waals surface area contributed by atoms with Crippen molar-refractivity contribution in [2.24, 2.45) is 11.8 Å². The van der Waals surface area contributed by atoms with Crippen molar-refractivity contribution in [1.82, 2.24) is 0 Å². The van der Waals surface area contributed by atoms with E-state index in [9.17, 15) is 0 Å². The van der Waals surface area contributed by atoms with Crippen LogP contribution in [0.3, 0.4) is 0 Å². The third-order valence-corrected chi connectivity index (χ3v) is 2.45. The third kappa shape index (κ3) is 2.30. The van der Waals surface area contributed by atoms with Crippen LogP contribution in [-0.2, 0) is 4.74 Å². The average molecular weight is 142 g/mol. The number of ether oxygens (including phenoxy) is 1. The Morgan fingerprint density at radius 2 is 2.20 bits per heavy atom. The van der Waals surface area contributed by atoms with Crippen molar-refractivity contribution in [3.05, 3.63) is 0 Å². The van der Waals surface area contributed by atoms with Gasteiger partial charge in [0.25, 0.3) is 0 Å². The van der Waals surface area contributed by atoms with E-state index in [1.54, 1.807) is 7.11 Å². The van der Waals surface area contributed by atoms with E-state index in [-0.39, 0.29) is 0 Å². The van der Waals surface area contributed by atoms with Crippen LogP contribution < -0.4 is 0 Å². The molecule has 1 unspecified atom stereocenters. The van der Waals surface area contributed by atoms with Crippen molar-refractivity contribution in [1.29, 1.82) is 0 Å².